The van der Waals surface area contributed by atoms with Crippen molar-refractivity contribution in [2.45, 2.75) is 58.7 Å². The van der Waals surface area contributed by atoms with E-state index in [9.17, 15) is 5.11 Å². The minimum atomic E-state index is -0.869. The maximum absolute atomic E-state index is 10.6. The summed E-state index contributed by atoms with van der Waals surface area (Å²) < 4.78 is 2.77. The molecular formula is C13H24BrN3O. The maximum Gasteiger partial charge on any atom is 0.106 e. The Morgan fingerprint density at radius 3 is 2.78 bits per heavy atom. The molecule has 0 fully saturated rings. The van der Waals surface area contributed by atoms with Crippen molar-refractivity contribution in [1.82, 2.24) is 15.1 Å². The first-order valence-electron chi connectivity index (χ1n) is 6.56. The summed E-state index contributed by atoms with van der Waals surface area (Å²) in [6.45, 7) is 9.78. The number of hydrogen-bond acceptors (Lipinski definition) is 3. The minimum Gasteiger partial charge on any atom is -0.384 e. The highest BCUT2D eigenvalue weighted by Crippen LogP contribution is 2.30. The second-order valence-corrected chi connectivity index (χ2v) is 6.05. The average molecular weight is 318 g/mol. The summed E-state index contributed by atoms with van der Waals surface area (Å²) in [5, 5.41) is 18.3. The second kappa shape index (κ2) is 6.68. The van der Waals surface area contributed by atoms with Gasteiger partial charge in [-0.05, 0) is 42.2 Å². The Hall–Kier alpha value is -0.390. The van der Waals surface area contributed by atoms with E-state index in [-0.39, 0.29) is 0 Å². The first-order valence-corrected chi connectivity index (χ1v) is 7.35. The van der Waals surface area contributed by atoms with Crippen molar-refractivity contribution >= 4 is 15.9 Å². The third-order valence-electron chi connectivity index (χ3n) is 2.90. The van der Waals surface area contributed by atoms with Crippen LogP contribution in [0.2, 0.25) is 0 Å². The van der Waals surface area contributed by atoms with Crippen molar-refractivity contribution in [1.29, 1.82) is 0 Å². The Kier molecular flexibility index (Phi) is 5.82. The molecule has 0 saturated heterocycles. The Bertz CT molecular complexity index is 374. The number of halogens is 1. The van der Waals surface area contributed by atoms with Crippen LogP contribution in [0.25, 0.3) is 0 Å². The predicted octanol–water partition coefficient (Wildman–Crippen LogP) is 2.65. The lowest BCUT2D eigenvalue weighted by Crippen LogP contribution is -2.33. The fraction of sp³-hybridized carbons (Fsp3) is 0.769. The van der Waals surface area contributed by atoms with E-state index in [1.165, 1.54) is 0 Å². The molecule has 2 N–H and O–H groups in total. The molecule has 0 aliphatic carbocycles. The first-order chi connectivity index (χ1) is 8.38. The number of nitrogens with one attached hydrogen (secondary N) is 1. The van der Waals surface area contributed by atoms with Crippen molar-refractivity contribution in [3.05, 3.63) is 16.4 Å². The van der Waals surface area contributed by atoms with Crippen LogP contribution >= 0.6 is 15.9 Å². The van der Waals surface area contributed by atoms with Crippen LogP contribution in [-0.2, 0) is 12.1 Å². The lowest BCUT2D eigenvalue weighted by Gasteiger charge is -2.25. The van der Waals surface area contributed by atoms with E-state index < -0.39 is 5.60 Å². The molecule has 1 aromatic rings. The molecule has 104 valence electrons. The van der Waals surface area contributed by atoms with Gasteiger partial charge in [0.1, 0.15) is 5.60 Å². The third-order valence-corrected chi connectivity index (χ3v) is 3.49. The number of aliphatic hydroxyl groups is 1. The summed E-state index contributed by atoms with van der Waals surface area (Å²) in [4.78, 5) is 0. The van der Waals surface area contributed by atoms with Gasteiger partial charge in [-0.2, -0.15) is 5.10 Å². The molecule has 0 saturated carbocycles. The highest BCUT2D eigenvalue weighted by atomic mass is 79.9. The topological polar surface area (TPSA) is 50.1 Å². The van der Waals surface area contributed by atoms with Gasteiger partial charge in [0.25, 0.3) is 0 Å². The minimum absolute atomic E-state index is 0.435. The van der Waals surface area contributed by atoms with Gasteiger partial charge in [0.05, 0.1) is 16.4 Å². The molecular weight excluding hydrogens is 294 g/mol. The Labute approximate surface area is 118 Å². The van der Waals surface area contributed by atoms with Gasteiger partial charge in [-0.15, -0.1) is 0 Å². The van der Waals surface area contributed by atoms with Gasteiger partial charge >= 0.3 is 0 Å². The van der Waals surface area contributed by atoms with Gasteiger partial charge in [-0.3, -0.25) is 4.68 Å². The van der Waals surface area contributed by atoms with Crippen LogP contribution in [-0.4, -0.2) is 27.5 Å². The Morgan fingerprint density at radius 2 is 2.22 bits per heavy atom. The van der Waals surface area contributed by atoms with E-state index in [1.54, 1.807) is 6.20 Å². The van der Waals surface area contributed by atoms with Gasteiger partial charge in [0.2, 0.25) is 0 Å². The molecule has 5 heteroatoms. The van der Waals surface area contributed by atoms with Gasteiger partial charge in [-0.25, -0.2) is 0 Å². The van der Waals surface area contributed by atoms with Crippen molar-refractivity contribution in [2.24, 2.45) is 0 Å². The third kappa shape index (κ3) is 4.07. The lowest BCUT2D eigenvalue weighted by molar-refractivity contribution is 0.0373. The molecule has 1 atom stereocenters. The van der Waals surface area contributed by atoms with Gasteiger partial charge in [0, 0.05) is 12.6 Å². The molecule has 1 aromatic heterocycles. The smallest absolute Gasteiger partial charge is 0.106 e. The van der Waals surface area contributed by atoms with E-state index in [1.807, 2.05) is 11.6 Å². The van der Waals surface area contributed by atoms with Gasteiger partial charge < -0.3 is 10.4 Å². The molecule has 4 nitrogen and oxygen atoms in total. The summed E-state index contributed by atoms with van der Waals surface area (Å²) >= 11 is 3.48. The van der Waals surface area contributed by atoms with Crippen molar-refractivity contribution < 1.29 is 5.11 Å². The highest BCUT2D eigenvalue weighted by molar-refractivity contribution is 9.10. The second-order valence-electron chi connectivity index (χ2n) is 5.20. The zero-order valence-electron chi connectivity index (χ0n) is 11.7. The van der Waals surface area contributed by atoms with E-state index in [0.29, 0.717) is 12.5 Å². The van der Waals surface area contributed by atoms with Crippen LogP contribution in [0.15, 0.2) is 10.7 Å². The van der Waals surface area contributed by atoms with E-state index in [2.05, 4.69) is 47.1 Å². The standard InChI is InChI=1S/C13H24BrN3O/c1-5-8-17-12(11(14)9-16-17)13(4,18)6-7-15-10(2)3/h9-10,15,18H,5-8H2,1-4H3. The summed E-state index contributed by atoms with van der Waals surface area (Å²) in [5.74, 6) is 0. The highest BCUT2D eigenvalue weighted by Gasteiger charge is 2.29. The zero-order valence-corrected chi connectivity index (χ0v) is 13.3. The lowest BCUT2D eigenvalue weighted by atomic mass is 9.97. The zero-order chi connectivity index (χ0) is 13.8. The predicted molar refractivity (Wildman–Crippen MR) is 77.5 cm³/mol. The number of rotatable bonds is 7. The van der Waals surface area contributed by atoms with Crippen molar-refractivity contribution in [2.75, 3.05) is 6.54 Å². The van der Waals surface area contributed by atoms with E-state index in [4.69, 9.17) is 0 Å². The Balaban J connectivity index is 2.79. The maximum atomic E-state index is 10.6. The van der Waals surface area contributed by atoms with Gasteiger partial charge in [0.15, 0.2) is 0 Å². The summed E-state index contributed by atoms with van der Waals surface area (Å²) in [6, 6.07) is 0.435. The quantitative estimate of drug-likeness (QED) is 0.813. The molecule has 0 spiro atoms. The number of hydrogen-bond donors (Lipinski definition) is 2. The van der Waals surface area contributed by atoms with Crippen LogP contribution in [0.1, 0.15) is 46.2 Å². The van der Waals surface area contributed by atoms with Crippen LogP contribution in [0.4, 0.5) is 0 Å². The molecule has 1 heterocycles. The van der Waals surface area contributed by atoms with Crippen LogP contribution < -0.4 is 5.32 Å². The molecule has 0 bridgehead atoms. The first kappa shape index (κ1) is 15.7. The molecule has 18 heavy (non-hydrogen) atoms. The fourth-order valence-electron chi connectivity index (χ4n) is 2.00. The molecule has 0 amide bonds. The Morgan fingerprint density at radius 1 is 1.56 bits per heavy atom. The molecule has 0 radical (unpaired) electrons. The summed E-state index contributed by atoms with van der Waals surface area (Å²) in [5.41, 5.74) is 0.00163. The molecule has 0 aliphatic heterocycles. The van der Waals surface area contributed by atoms with Crippen LogP contribution in [0.5, 0.6) is 0 Å². The molecule has 1 unspecified atom stereocenters. The van der Waals surface area contributed by atoms with Crippen molar-refractivity contribution in [3.63, 3.8) is 0 Å². The normalized spacial score (nSPS) is 15.1. The van der Waals surface area contributed by atoms with Crippen LogP contribution in [0, 0.1) is 0 Å². The summed E-state index contributed by atoms with van der Waals surface area (Å²) in [7, 11) is 0. The molecule has 1 rings (SSSR count). The molecule has 0 aliphatic rings. The number of aryl methyl sites for hydroxylation is 1. The van der Waals surface area contributed by atoms with Crippen molar-refractivity contribution in [3.8, 4) is 0 Å². The molecule has 0 aromatic carbocycles. The fourth-order valence-corrected chi connectivity index (χ4v) is 2.73. The van der Waals surface area contributed by atoms with E-state index in [0.717, 1.165) is 29.7 Å². The summed E-state index contributed by atoms with van der Waals surface area (Å²) in [6.07, 6.45) is 3.43. The van der Waals surface area contributed by atoms with Crippen LogP contribution in [0.3, 0.4) is 0 Å². The number of nitrogens with zero attached hydrogens (tertiary/aromatic N) is 2. The number of aromatic nitrogens is 2. The SMILES string of the molecule is CCCn1ncc(Br)c1C(C)(O)CCNC(C)C. The van der Waals surface area contributed by atoms with E-state index >= 15 is 0 Å². The average Bonchev–Trinajstić information content (AvgIpc) is 2.60. The van der Waals surface area contributed by atoms with Gasteiger partial charge in [-0.1, -0.05) is 20.8 Å². The largest absolute Gasteiger partial charge is 0.384 e. The monoisotopic (exact) mass is 317 g/mol.